The number of hydrogen-bond donors (Lipinski definition) is 0. The van der Waals surface area contributed by atoms with Crippen molar-refractivity contribution in [3.8, 4) is 0 Å². The van der Waals surface area contributed by atoms with Crippen molar-refractivity contribution in [1.82, 2.24) is 29.4 Å². The molecule has 150 valence electrons. The number of nitrogens with zero attached hydrogens (tertiary/aromatic N) is 6. The van der Waals surface area contributed by atoms with Gasteiger partial charge in [0.15, 0.2) is 0 Å². The Hall–Kier alpha value is -2.55. The van der Waals surface area contributed by atoms with E-state index in [4.69, 9.17) is 4.74 Å². The number of carbonyl (C=O) groups excluding carboxylic acids is 2. The minimum Gasteiger partial charge on any atom is -0.383 e. The van der Waals surface area contributed by atoms with Crippen molar-refractivity contribution < 1.29 is 14.3 Å². The minimum absolute atomic E-state index is 0.0507. The summed E-state index contributed by atoms with van der Waals surface area (Å²) in [6, 6.07) is 1.84. The molecule has 0 aliphatic carbocycles. The molecule has 2 amide bonds. The molecule has 0 radical (unpaired) electrons. The number of likely N-dealkylation sites (tertiary alicyclic amines) is 2. The van der Waals surface area contributed by atoms with Crippen LogP contribution in [0.5, 0.6) is 0 Å². The van der Waals surface area contributed by atoms with Crippen LogP contribution in [0, 0.1) is 12.3 Å². The molecule has 2 aliphatic rings. The lowest BCUT2D eigenvalue weighted by Gasteiger charge is -2.48. The van der Waals surface area contributed by atoms with Gasteiger partial charge in [0.2, 0.25) is 11.7 Å². The first-order chi connectivity index (χ1) is 13.5. The number of fused-ring (bicyclic) bond motifs is 1. The van der Waals surface area contributed by atoms with Gasteiger partial charge >= 0.3 is 0 Å². The second-order valence-corrected chi connectivity index (χ2v) is 7.90. The third kappa shape index (κ3) is 3.46. The Labute approximate surface area is 163 Å². The van der Waals surface area contributed by atoms with Crippen LogP contribution in [0.15, 0.2) is 12.3 Å². The van der Waals surface area contributed by atoms with E-state index in [-0.39, 0.29) is 17.2 Å². The Bertz CT molecular complexity index is 897. The molecule has 2 aromatic heterocycles. The highest BCUT2D eigenvalue weighted by Gasteiger charge is 2.43. The van der Waals surface area contributed by atoms with E-state index in [2.05, 4.69) is 15.2 Å². The molecular weight excluding hydrogens is 360 g/mol. The number of amides is 2. The van der Waals surface area contributed by atoms with Gasteiger partial charge in [0.25, 0.3) is 11.7 Å². The molecule has 0 bridgehead atoms. The standard InChI is InChI=1S/C19H26N6O3/c1-14-5-9-25-16(21-22-18(25)20-14)17(27)24-8-3-6-19(13-24)7-4-15(26)23(12-19)10-11-28-2/h5,9H,3-4,6-8,10-13H2,1-2H3. The Morgan fingerprint density at radius 3 is 2.96 bits per heavy atom. The molecule has 0 saturated carbocycles. The fourth-order valence-corrected chi connectivity index (χ4v) is 4.38. The lowest BCUT2D eigenvalue weighted by atomic mass is 9.73. The first-order valence-electron chi connectivity index (χ1n) is 9.76. The van der Waals surface area contributed by atoms with Crippen LogP contribution in [0.25, 0.3) is 5.78 Å². The van der Waals surface area contributed by atoms with Crippen molar-refractivity contribution in [1.29, 1.82) is 0 Å². The van der Waals surface area contributed by atoms with Crippen LogP contribution in [0.3, 0.4) is 0 Å². The summed E-state index contributed by atoms with van der Waals surface area (Å²) in [5.74, 6) is 0.778. The van der Waals surface area contributed by atoms with E-state index in [1.165, 1.54) is 0 Å². The van der Waals surface area contributed by atoms with Gasteiger partial charge in [-0.1, -0.05) is 0 Å². The smallest absolute Gasteiger partial charge is 0.292 e. The van der Waals surface area contributed by atoms with Gasteiger partial charge in [0.05, 0.1) is 6.61 Å². The fraction of sp³-hybridized carbons (Fsp3) is 0.632. The van der Waals surface area contributed by atoms with E-state index < -0.39 is 0 Å². The number of aromatic nitrogens is 4. The summed E-state index contributed by atoms with van der Waals surface area (Å²) >= 11 is 0. The Kier molecular flexibility index (Phi) is 5.01. The molecule has 1 atom stereocenters. The predicted octanol–water partition coefficient (Wildman–Crippen LogP) is 0.924. The molecule has 0 aromatic carbocycles. The summed E-state index contributed by atoms with van der Waals surface area (Å²) in [6.07, 6.45) is 5.08. The van der Waals surface area contributed by atoms with E-state index in [0.717, 1.165) is 25.0 Å². The second kappa shape index (κ2) is 7.46. The van der Waals surface area contributed by atoms with Crippen molar-refractivity contribution in [2.45, 2.75) is 32.6 Å². The molecule has 1 spiro atoms. The maximum Gasteiger partial charge on any atom is 0.292 e. The molecule has 1 unspecified atom stereocenters. The molecule has 0 N–H and O–H groups in total. The summed E-state index contributed by atoms with van der Waals surface area (Å²) in [7, 11) is 1.64. The molecular formula is C19H26N6O3. The highest BCUT2D eigenvalue weighted by Crippen LogP contribution is 2.39. The van der Waals surface area contributed by atoms with Crippen molar-refractivity contribution >= 4 is 17.6 Å². The zero-order valence-electron chi connectivity index (χ0n) is 16.4. The van der Waals surface area contributed by atoms with Gasteiger partial charge in [-0.25, -0.2) is 4.98 Å². The molecule has 28 heavy (non-hydrogen) atoms. The summed E-state index contributed by atoms with van der Waals surface area (Å²) < 4.78 is 6.79. The van der Waals surface area contributed by atoms with Gasteiger partial charge in [-0.15, -0.1) is 10.2 Å². The van der Waals surface area contributed by atoms with Crippen LogP contribution in [0.4, 0.5) is 0 Å². The van der Waals surface area contributed by atoms with Crippen molar-refractivity contribution in [2.75, 3.05) is 39.9 Å². The van der Waals surface area contributed by atoms with Crippen molar-refractivity contribution in [2.24, 2.45) is 5.41 Å². The topological polar surface area (TPSA) is 92.9 Å². The van der Waals surface area contributed by atoms with E-state index in [1.807, 2.05) is 22.8 Å². The van der Waals surface area contributed by atoms with Gasteiger partial charge in [0, 0.05) is 57.0 Å². The maximum absolute atomic E-state index is 13.2. The largest absolute Gasteiger partial charge is 0.383 e. The van der Waals surface area contributed by atoms with E-state index in [1.54, 1.807) is 17.7 Å². The molecule has 9 heteroatoms. The number of ether oxygens (including phenoxy) is 1. The van der Waals surface area contributed by atoms with Gasteiger partial charge in [-0.3, -0.25) is 14.0 Å². The first kappa shape index (κ1) is 18.8. The Morgan fingerprint density at radius 1 is 1.29 bits per heavy atom. The van der Waals surface area contributed by atoms with Crippen molar-refractivity contribution in [3.63, 3.8) is 0 Å². The second-order valence-electron chi connectivity index (χ2n) is 7.90. The molecule has 2 fully saturated rings. The summed E-state index contributed by atoms with van der Waals surface area (Å²) in [5, 5.41) is 8.13. The normalized spacial score (nSPS) is 23.0. The molecule has 2 aromatic rings. The first-order valence-corrected chi connectivity index (χ1v) is 9.76. The average molecular weight is 386 g/mol. The summed E-state index contributed by atoms with van der Waals surface area (Å²) in [5.41, 5.74) is 0.782. The maximum atomic E-state index is 13.2. The lowest BCUT2D eigenvalue weighted by Crippen LogP contribution is -2.55. The number of carbonyl (C=O) groups is 2. The Morgan fingerprint density at radius 2 is 2.14 bits per heavy atom. The quantitative estimate of drug-likeness (QED) is 0.776. The predicted molar refractivity (Wildman–Crippen MR) is 101 cm³/mol. The number of rotatable bonds is 4. The van der Waals surface area contributed by atoms with Crippen LogP contribution in [0.2, 0.25) is 0 Å². The molecule has 4 rings (SSSR count). The monoisotopic (exact) mass is 386 g/mol. The third-order valence-corrected chi connectivity index (χ3v) is 5.87. The fourth-order valence-electron chi connectivity index (χ4n) is 4.38. The third-order valence-electron chi connectivity index (χ3n) is 5.87. The average Bonchev–Trinajstić information content (AvgIpc) is 3.11. The minimum atomic E-state index is -0.127. The molecule has 9 nitrogen and oxygen atoms in total. The lowest BCUT2D eigenvalue weighted by molar-refractivity contribution is -0.139. The highest BCUT2D eigenvalue weighted by atomic mass is 16.5. The van der Waals surface area contributed by atoms with Gasteiger partial charge in [-0.2, -0.15) is 0 Å². The zero-order chi connectivity index (χ0) is 19.7. The number of piperidine rings is 2. The number of aryl methyl sites for hydroxylation is 1. The SMILES string of the molecule is COCCN1CC2(CCCN(C(=O)c3nnc4nc(C)ccn34)C2)CCC1=O. The van der Waals surface area contributed by atoms with Crippen LogP contribution < -0.4 is 0 Å². The number of hydrogen-bond acceptors (Lipinski definition) is 6. The number of methoxy groups -OCH3 is 1. The van der Waals surface area contributed by atoms with Gasteiger partial charge in [-0.05, 0) is 32.3 Å². The Balaban J connectivity index is 1.53. The van der Waals surface area contributed by atoms with E-state index in [0.29, 0.717) is 50.8 Å². The molecule has 4 heterocycles. The molecule has 2 saturated heterocycles. The molecule has 2 aliphatic heterocycles. The van der Waals surface area contributed by atoms with E-state index >= 15 is 0 Å². The summed E-state index contributed by atoms with van der Waals surface area (Å²) in [6.45, 7) is 5.02. The van der Waals surface area contributed by atoms with Crippen LogP contribution in [-0.2, 0) is 9.53 Å². The van der Waals surface area contributed by atoms with Crippen LogP contribution in [0.1, 0.15) is 42.0 Å². The van der Waals surface area contributed by atoms with Gasteiger partial charge < -0.3 is 14.5 Å². The van der Waals surface area contributed by atoms with Gasteiger partial charge in [0.1, 0.15) is 0 Å². The van der Waals surface area contributed by atoms with E-state index in [9.17, 15) is 9.59 Å². The van der Waals surface area contributed by atoms with Crippen LogP contribution in [-0.4, -0.2) is 81.1 Å². The zero-order valence-corrected chi connectivity index (χ0v) is 16.4. The van der Waals surface area contributed by atoms with Crippen molar-refractivity contribution in [3.05, 3.63) is 23.8 Å². The highest BCUT2D eigenvalue weighted by molar-refractivity contribution is 5.91. The van der Waals surface area contributed by atoms with Crippen LogP contribution >= 0.6 is 0 Å². The summed E-state index contributed by atoms with van der Waals surface area (Å²) in [4.78, 5) is 33.5.